The van der Waals surface area contributed by atoms with Crippen LogP contribution in [0.2, 0.25) is 0 Å². The maximum Gasteiger partial charge on any atom is 0.255 e. The minimum Gasteiger partial charge on any atom is -0.356 e. The van der Waals surface area contributed by atoms with Crippen LogP contribution >= 0.6 is 0 Å². The molecule has 0 unspecified atom stereocenters. The molecule has 0 atom stereocenters. The number of carbonyl (C=O) groups excluding carboxylic acids is 1. The van der Waals surface area contributed by atoms with Crippen LogP contribution in [-0.4, -0.2) is 43.0 Å². The number of hydrogen-bond donors (Lipinski definition) is 1. The van der Waals surface area contributed by atoms with Gasteiger partial charge in [0.15, 0.2) is 5.79 Å². The Bertz CT molecular complexity index is 798. The molecular formula is C19H20FN3O3. The molecule has 4 rings (SSSR count). The molecule has 26 heavy (non-hydrogen) atoms. The van der Waals surface area contributed by atoms with Gasteiger partial charge in [-0.1, -0.05) is 12.1 Å². The molecule has 1 aromatic carbocycles. The van der Waals surface area contributed by atoms with Crippen LogP contribution in [0.3, 0.4) is 0 Å². The summed E-state index contributed by atoms with van der Waals surface area (Å²) in [6.45, 7) is 2.77. The van der Waals surface area contributed by atoms with Gasteiger partial charge in [-0.25, -0.2) is 9.37 Å². The minimum atomic E-state index is -0.465. The Hall–Kier alpha value is -2.51. The summed E-state index contributed by atoms with van der Waals surface area (Å²) in [5, 5.41) is 2.60. The van der Waals surface area contributed by atoms with Crippen LogP contribution in [0.15, 0.2) is 42.6 Å². The standard InChI is InChI=1S/C19H20FN3O3/c20-15-3-1-2-4-16(15)22-18(24)14-5-8-21-17(13-14)23-9-6-19(7-10-23)25-11-12-26-19/h1-5,8,13H,6-7,9-12H2,(H,22,24). The number of hydrogen-bond acceptors (Lipinski definition) is 5. The molecule has 0 aliphatic carbocycles. The average Bonchev–Trinajstić information content (AvgIpc) is 3.12. The van der Waals surface area contributed by atoms with Crippen molar-refractivity contribution in [2.75, 3.05) is 36.5 Å². The van der Waals surface area contributed by atoms with Crippen molar-refractivity contribution in [3.8, 4) is 0 Å². The Morgan fingerprint density at radius 2 is 1.88 bits per heavy atom. The smallest absolute Gasteiger partial charge is 0.255 e. The van der Waals surface area contributed by atoms with E-state index >= 15 is 0 Å². The lowest BCUT2D eigenvalue weighted by atomic mass is 10.0. The lowest BCUT2D eigenvalue weighted by molar-refractivity contribution is -0.169. The minimum absolute atomic E-state index is 0.159. The molecule has 2 saturated heterocycles. The van der Waals surface area contributed by atoms with Gasteiger partial charge in [0.2, 0.25) is 0 Å². The lowest BCUT2D eigenvalue weighted by Gasteiger charge is -2.38. The highest BCUT2D eigenvalue weighted by Gasteiger charge is 2.40. The molecule has 136 valence electrons. The van der Waals surface area contributed by atoms with E-state index in [0.29, 0.717) is 18.8 Å². The van der Waals surface area contributed by atoms with Gasteiger partial charge in [-0.3, -0.25) is 4.79 Å². The molecule has 2 aliphatic rings. The fourth-order valence-electron chi connectivity index (χ4n) is 3.35. The van der Waals surface area contributed by atoms with Crippen LogP contribution in [0.1, 0.15) is 23.2 Å². The number of pyridine rings is 1. The van der Waals surface area contributed by atoms with Gasteiger partial charge in [0.1, 0.15) is 11.6 Å². The zero-order valence-electron chi connectivity index (χ0n) is 14.3. The summed E-state index contributed by atoms with van der Waals surface area (Å²) in [6, 6.07) is 9.44. The first-order valence-electron chi connectivity index (χ1n) is 8.70. The molecule has 0 radical (unpaired) electrons. The number of amides is 1. The number of nitrogens with zero attached hydrogens (tertiary/aromatic N) is 2. The normalized spacial score (nSPS) is 18.9. The van der Waals surface area contributed by atoms with Crippen LogP contribution in [0, 0.1) is 5.82 Å². The van der Waals surface area contributed by atoms with E-state index in [0.717, 1.165) is 31.7 Å². The van der Waals surface area contributed by atoms with E-state index in [1.165, 1.54) is 12.1 Å². The average molecular weight is 357 g/mol. The summed E-state index contributed by atoms with van der Waals surface area (Å²) in [5.41, 5.74) is 0.596. The summed E-state index contributed by atoms with van der Waals surface area (Å²) < 4.78 is 25.2. The highest BCUT2D eigenvalue weighted by Crippen LogP contribution is 2.32. The number of anilines is 2. The number of aromatic nitrogens is 1. The second kappa shape index (κ2) is 7.01. The van der Waals surface area contributed by atoms with Crippen molar-refractivity contribution in [1.29, 1.82) is 0 Å². The van der Waals surface area contributed by atoms with Gasteiger partial charge in [0.05, 0.1) is 18.9 Å². The number of piperidine rings is 1. The lowest BCUT2D eigenvalue weighted by Crippen LogP contribution is -2.45. The van der Waals surface area contributed by atoms with Crippen molar-refractivity contribution >= 4 is 17.4 Å². The number of nitrogens with one attached hydrogen (secondary N) is 1. The van der Waals surface area contributed by atoms with Crippen molar-refractivity contribution < 1.29 is 18.7 Å². The number of para-hydroxylation sites is 1. The van der Waals surface area contributed by atoms with E-state index in [4.69, 9.17) is 9.47 Å². The zero-order valence-corrected chi connectivity index (χ0v) is 14.3. The molecule has 0 bridgehead atoms. The van der Waals surface area contributed by atoms with Gasteiger partial charge in [0, 0.05) is 37.7 Å². The molecule has 7 heteroatoms. The van der Waals surface area contributed by atoms with Gasteiger partial charge in [-0.05, 0) is 24.3 Å². The Balaban J connectivity index is 1.45. The molecule has 2 aromatic rings. The largest absolute Gasteiger partial charge is 0.356 e. The van der Waals surface area contributed by atoms with Crippen molar-refractivity contribution in [1.82, 2.24) is 4.98 Å². The summed E-state index contributed by atoms with van der Waals surface area (Å²) in [4.78, 5) is 18.9. The highest BCUT2D eigenvalue weighted by atomic mass is 19.1. The van der Waals surface area contributed by atoms with Crippen LogP contribution in [0.4, 0.5) is 15.9 Å². The zero-order chi connectivity index (χ0) is 18.0. The van der Waals surface area contributed by atoms with Crippen molar-refractivity contribution in [2.24, 2.45) is 0 Å². The number of benzene rings is 1. The third-order valence-electron chi connectivity index (χ3n) is 4.79. The fourth-order valence-corrected chi connectivity index (χ4v) is 3.35. The van der Waals surface area contributed by atoms with Crippen molar-refractivity contribution in [2.45, 2.75) is 18.6 Å². The third kappa shape index (κ3) is 3.40. The summed E-state index contributed by atoms with van der Waals surface area (Å²) >= 11 is 0. The molecule has 2 aliphatic heterocycles. The Labute approximate surface area is 150 Å². The molecule has 3 heterocycles. The number of ether oxygens (including phenoxy) is 2. The second-order valence-electron chi connectivity index (χ2n) is 6.43. The summed E-state index contributed by atoms with van der Waals surface area (Å²) in [6.07, 6.45) is 3.12. The van der Waals surface area contributed by atoms with Crippen LogP contribution < -0.4 is 10.2 Å². The first-order valence-corrected chi connectivity index (χ1v) is 8.70. The quantitative estimate of drug-likeness (QED) is 0.915. The molecular weight excluding hydrogens is 337 g/mol. The predicted octanol–water partition coefficient (Wildman–Crippen LogP) is 2.82. The van der Waals surface area contributed by atoms with Crippen molar-refractivity contribution in [3.63, 3.8) is 0 Å². The first-order chi connectivity index (χ1) is 12.7. The molecule has 0 saturated carbocycles. The van der Waals surface area contributed by atoms with Gasteiger partial charge < -0.3 is 19.7 Å². The number of carbonyl (C=O) groups is 1. The third-order valence-corrected chi connectivity index (χ3v) is 4.79. The summed E-state index contributed by atoms with van der Waals surface area (Å²) in [5.74, 6) is -0.558. The molecule has 1 spiro atoms. The van der Waals surface area contributed by atoms with Gasteiger partial charge >= 0.3 is 0 Å². The number of halogens is 1. The Kier molecular flexibility index (Phi) is 4.57. The van der Waals surface area contributed by atoms with E-state index in [2.05, 4.69) is 15.2 Å². The summed E-state index contributed by atoms with van der Waals surface area (Å²) in [7, 11) is 0. The van der Waals surface area contributed by atoms with Crippen molar-refractivity contribution in [3.05, 3.63) is 54.0 Å². The number of rotatable bonds is 3. The first kappa shape index (κ1) is 16.9. The fraction of sp³-hybridized carbons (Fsp3) is 0.368. The Morgan fingerprint density at radius 1 is 1.15 bits per heavy atom. The predicted molar refractivity (Wildman–Crippen MR) is 94.7 cm³/mol. The SMILES string of the molecule is O=C(Nc1ccccc1F)c1ccnc(N2CCC3(CC2)OCCO3)c1. The Morgan fingerprint density at radius 3 is 2.62 bits per heavy atom. The molecule has 1 aromatic heterocycles. The second-order valence-corrected chi connectivity index (χ2v) is 6.43. The monoisotopic (exact) mass is 357 g/mol. The molecule has 2 fully saturated rings. The highest BCUT2D eigenvalue weighted by molar-refractivity contribution is 6.04. The van der Waals surface area contributed by atoms with Crippen LogP contribution in [-0.2, 0) is 9.47 Å². The van der Waals surface area contributed by atoms with E-state index in [1.807, 2.05) is 0 Å². The van der Waals surface area contributed by atoms with E-state index in [1.54, 1.807) is 30.5 Å². The maximum absolute atomic E-state index is 13.7. The van der Waals surface area contributed by atoms with Gasteiger partial charge in [-0.2, -0.15) is 0 Å². The topological polar surface area (TPSA) is 63.7 Å². The maximum atomic E-state index is 13.7. The van der Waals surface area contributed by atoms with Gasteiger partial charge in [0.25, 0.3) is 5.91 Å². The van der Waals surface area contributed by atoms with Crippen LogP contribution in [0.25, 0.3) is 0 Å². The van der Waals surface area contributed by atoms with E-state index in [-0.39, 0.29) is 11.6 Å². The van der Waals surface area contributed by atoms with Gasteiger partial charge in [-0.15, -0.1) is 0 Å². The van der Waals surface area contributed by atoms with E-state index < -0.39 is 11.6 Å². The van der Waals surface area contributed by atoms with Crippen LogP contribution in [0.5, 0.6) is 0 Å². The molecule has 1 amide bonds. The molecule has 6 nitrogen and oxygen atoms in total. The van der Waals surface area contributed by atoms with E-state index in [9.17, 15) is 9.18 Å². The molecule has 1 N–H and O–H groups in total.